The van der Waals surface area contributed by atoms with E-state index in [0.717, 1.165) is 0 Å². The Bertz CT molecular complexity index is 876. The number of amides is 2. The zero-order valence-corrected chi connectivity index (χ0v) is 16.7. The minimum atomic E-state index is -0.459. The van der Waals surface area contributed by atoms with Gasteiger partial charge < -0.3 is 24.8 Å². The summed E-state index contributed by atoms with van der Waals surface area (Å²) in [7, 11) is 5.95. The smallest absolute Gasteiger partial charge is 0.257 e. The first-order valence-corrected chi connectivity index (χ1v) is 8.58. The molecule has 0 bridgehead atoms. The number of nitrogens with one attached hydrogen (secondary N) is 3. The predicted octanol–water partition coefficient (Wildman–Crippen LogP) is 2.20. The Morgan fingerprint density at radius 1 is 0.893 bits per heavy atom. The number of benzene rings is 2. The van der Waals surface area contributed by atoms with E-state index >= 15 is 0 Å². The summed E-state index contributed by atoms with van der Waals surface area (Å²) in [5, 5.41) is 8.07. The lowest BCUT2D eigenvalue weighted by Gasteiger charge is -2.15. The van der Waals surface area contributed by atoms with Crippen LogP contribution in [-0.2, 0) is 0 Å². The highest BCUT2D eigenvalue weighted by molar-refractivity contribution is 7.80. The van der Waals surface area contributed by atoms with Crippen LogP contribution in [-0.4, -0.2) is 45.3 Å². The van der Waals surface area contributed by atoms with Crippen molar-refractivity contribution in [2.75, 3.05) is 33.7 Å². The van der Waals surface area contributed by atoms with Crippen LogP contribution in [0.4, 0.5) is 5.69 Å². The molecule has 0 fully saturated rings. The van der Waals surface area contributed by atoms with E-state index in [-0.39, 0.29) is 16.6 Å². The van der Waals surface area contributed by atoms with Gasteiger partial charge in [0.2, 0.25) is 5.75 Å². The first-order chi connectivity index (χ1) is 13.4. The number of carbonyl (C=O) groups excluding carboxylic acids is 2. The fourth-order valence-corrected chi connectivity index (χ4v) is 2.64. The summed E-state index contributed by atoms with van der Waals surface area (Å²) < 4.78 is 15.7. The molecule has 0 saturated heterocycles. The molecule has 148 valence electrons. The first-order valence-electron chi connectivity index (χ1n) is 8.18. The maximum Gasteiger partial charge on any atom is 0.257 e. The lowest BCUT2D eigenvalue weighted by Crippen LogP contribution is -2.34. The van der Waals surface area contributed by atoms with E-state index in [0.29, 0.717) is 28.5 Å². The minimum Gasteiger partial charge on any atom is -0.493 e. The molecule has 0 saturated carbocycles. The third kappa shape index (κ3) is 4.89. The van der Waals surface area contributed by atoms with Crippen LogP contribution in [0.15, 0.2) is 36.4 Å². The number of thiocarbonyl (C=S) groups is 1. The topological polar surface area (TPSA) is 97.9 Å². The Morgan fingerprint density at radius 3 is 2.07 bits per heavy atom. The van der Waals surface area contributed by atoms with Gasteiger partial charge in [-0.25, -0.2) is 0 Å². The van der Waals surface area contributed by atoms with Gasteiger partial charge in [0.05, 0.1) is 21.3 Å². The lowest BCUT2D eigenvalue weighted by atomic mass is 10.1. The summed E-state index contributed by atoms with van der Waals surface area (Å²) in [5.74, 6) is 0.400. The van der Waals surface area contributed by atoms with Crippen molar-refractivity contribution in [2.45, 2.75) is 0 Å². The van der Waals surface area contributed by atoms with Crippen LogP contribution in [0.5, 0.6) is 17.2 Å². The molecule has 0 unspecified atom stereocenters. The molecule has 0 aliphatic carbocycles. The zero-order chi connectivity index (χ0) is 20.7. The van der Waals surface area contributed by atoms with Crippen molar-refractivity contribution in [1.82, 2.24) is 10.6 Å². The highest BCUT2D eigenvalue weighted by Gasteiger charge is 2.17. The SMILES string of the molecule is CNC(=O)c1cccc(NC(=S)NC(=O)c2cc(OC)c(OC)c(OC)c2)c1. The quantitative estimate of drug-likeness (QED) is 0.636. The van der Waals surface area contributed by atoms with Gasteiger partial charge in [0, 0.05) is 23.9 Å². The van der Waals surface area contributed by atoms with Crippen LogP contribution >= 0.6 is 12.2 Å². The largest absolute Gasteiger partial charge is 0.493 e. The van der Waals surface area contributed by atoms with Gasteiger partial charge in [0.25, 0.3) is 11.8 Å². The molecule has 0 aliphatic heterocycles. The number of ether oxygens (including phenoxy) is 3. The molecule has 2 aromatic rings. The summed E-state index contributed by atoms with van der Waals surface area (Å²) >= 11 is 5.19. The molecule has 0 atom stereocenters. The summed E-state index contributed by atoms with van der Waals surface area (Å²) in [5.41, 5.74) is 1.31. The average molecular weight is 403 g/mol. The summed E-state index contributed by atoms with van der Waals surface area (Å²) in [4.78, 5) is 24.3. The van der Waals surface area contributed by atoms with Crippen LogP contribution in [0.1, 0.15) is 20.7 Å². The summed E-state index contributed by atoms with van der Waals surface area (Å²) in [6, 6.07) is 9.76. The highest BCUT2D eigenvalue weighted by Crippen LogP contribution is 2.38. The molecule has 2 aromatic carbocycles. The maximum atomic E-state index is 12.5. The first kappa shape index (κ1) is 21.0. The van der Waals surface area contributed by atoms with Crippen molar-refractivity contribution < 1.29 is 23.8 Å². The van der Waals surface area contributed by atoms with Crippen molar-refractivity contribution >= 4 is 34.8 Å². The van der Waals surface area contributed by atoms with E-state index in [2.05, 4.69) is 16.0 Å². The van der Waals surface area contributed by atoms with Gasteiger partial charge in [-0.3, -0.25) is 14.9 Å². The van der Waals surface area contributed by atoms with Gasteiger partial charge in [-0.05, 0) is 42.5 Å². The van der Waals surface area contributed by atoms with Crippen molar-refractivity contribution in [3.8, 4) is 17.2 Å². The normalized spacial score (nSPS) is 9.86. The Hall–Kier alpha value is -3.33. The van der Waals surface area contributed by atoms with Gasteiger partial charge in [-0.1, -0.05) is 6.07 Å². The molecule has 0 radical (unpaired) electrons. The fraction of sp³-hybridized carbons (Fsp3) is 0.211. The Labute approximate surface area is 168 Å². The number of methoxy groups -OCH3 is 3. The van der Waals surface area contributed by atoms with Crippen LogP contribution < -0.4 is 30.2 Å². The second-order valence-electron chi connectivity index (χ2n) is 5.48. The van der Waals surface area contributed by atoms with Gasteiger partial charge >= 0.3 is 0 Å². The third-order valence-electron chi connectivity index (χ3n) is 3.76. The molecule has 0 spiro atoms. The molecule has 2 rings (SSSR count). The monoisotopic (exact) mass is 403 g/mol. The van der Waals surface area contributed by atoms with E-state index < -0.39 is 5.91 Å². The van der Waals surface area contributed by atoms with E-state index in [1.54, 1.807) is 31.3 Å². The van der Waals surface area contributed by atoms with Gasteiger partial charge in [-0.2, -0.15) is 0 Å². The summed E-state index contributed by atoms with van der Waals surface area (Å²) in [6.45, 7) is 0. The third-order valence-corrected chi connectivity index (χ3v) is 3.97. The molecule has 0 heterocycles. The molecule has 0 aromatic heterocycles. The van der Waals surface area contributed by atoms with Crippen molar-refractivity contribution in [2.24, 2.45) is 0 Å². The van der Waals surface area contributed by atoms with Gasteiger partial charge in [0.1, 0.15) is 0 Å². The minimum absolute atomic E-state index is 0.0767. The standard InChI is InChI=1S/C19H21N3O5S/c1-20-17(23)11-6-5-7-13(8-11)21-19(28)22-18(24)12-9-14(25-2)16(27-4)15(10-12)26-3/h5-10H,1-4H3,(H,20,23)(H2,21,22,24,28). The van der Waals surface area contributed by atoms with E-state index in [9.17, 15) is 9.59 Å². The number of anilines is 1. The molecule has 8 nitrogen and oxygen atoms in total. The maximum absolute atomic E-state index is 12.5. The molecule has 3 N–H and O–H groups in total. The number of hydrogen-bond acceptors (Lipinski definition) is 6. The molecule has 0 aliphatic rings. The molecule has 2 amide bonds. The van der Waals surface area contributed by atoms with Crippen molar-refractivity contribution in [3.05, 3.63) is 47.5 Å². The number of rotatable bonds is 6. The second-order valence-corrected chi connectivity index (χ2v) is 5.89. The van der Waals surface area contributed by atoms with Crippen molar-refractivity contribution in [3.63, 3.8) is 0 Å². The van der Waals surface area contributed by atoms with Gasteiger partial charge in [0.15, 0.2) is 16.6 Å². The van der Waals surface area contributed by atoms with Crippen LogP contribution in [0.2, 0.25) is 0 Å². The lowest BCUT2D eigenvalue weighted by molar-refractivity contribution is 0.0959. The molecule has 9 heteroatoms. The van der Waals surface area contributed by atoms with E-state index in [4.69, 9.17) is 26.4 Å². The summed E-state index contributed by atoms with van der Waals surface area (Å²) in [6.07, 6.45) is 0. The van der Waals surface area contributed by atoms with Crippen molar-refractivity contribution in [1.29, 1.82) is 0 Å². The second kappa shape index (κ2) is 9.56. The predicted molar refractivity (Wildman–Crippen MR) is 110 cm³/mol. The number of hydrogen-bond donors (Lipinski definition) is 3. The number of carbonyl (C=O) groups is 2. The molecular weight excluding hydrogens is 382 g/mol. The van der Waals surface area contributed by atoms with Crippen LogP contribution in [0.25, 0.3) is 0 Å². The Kier molecular flexibility index (Phi) is 7.16. The Morgan fingerprint density at radius 2 is 1.54 bits per heavy atom. The Balaban J connectivity index is 2.15. The fourth-order valence-electron chi connectivity index (χ4n) is 2.43. The van der Waals surface area contributed by atoms with Crippen LogP contribution in [0, 0.1) is 0 Å². The van der Waals surface area contributed by atoms with E-state index in [1.165, 1.54) is 33.5 Å². The average Bonchev–Trinajstić information content (AvgIpc) is 2.71. The van der Waals surface area contributed by atoms with Gasteiger partial charge in [-0.15, -0.1) is 0 Å². The molecular formula is C19H21N3O5S. The highest BCUT2D eigenvalue weighted by atomic mass is 32.1. The zero-order valence-electron chi connectivity index (χ0n) is 15.9. The van der Waals surface area contributed by atoms with E-state index in [1.807, 2.05) is 0 Å². The van der Waals surface area contributed by atoms with Crippen LogP contribution in [0.3, 0.4) is 0 Å². The molecule has 28 heavy (non-hydrogen) atoms.